The van der Waals surface area contributed by atoms with Crippen LogP contribution in [0.3, 0.4) is 0 Å². The first-order chi connectivity index (χ1) is 9.15. The Hall–Kier alpha value is -2.13. The molecular formula is C16H15NO2. The van der Waals surface area contributed by atoms with Crippen molar-refractivity contribution in [1.82, 2.24) is 0 Å². The summed E-state index contributed by atoms with van der Waals surface area (Å²) in [5, 5.41) is 13.3. The molecule has 3 rings (SSSR count). The van der Waals surface area contributed by atoms with E-state index in [0.29, 0.717) is 6.42 Å². The molecule has 2 N–H and O–H groups in total. The second kappa shape index (κ2) is 4.52. The van der Waals surface area contributed by atoms with Crippen molar-refractivity contribution in [3.63, 3.8) is 0 Å². The SMILES string of the molecule is Cc1ccccc1C(O)c1ccc2c(c1)CC(=O)N2. The molecule has 0 spiro atoms. The van der Waals surface area contributed by atoms with Gasteiger partial charge in [0, 0.05) is 5.69 Å². The first kappa shape index (κ1) is 11.9. The number of rotatable bonds is 2. The van der Waals surface area contributed by atoms with E-state index in [1.165, 1.54) is 0 Å². The quantitative estimate of drug-likeness (QED) is 0.864. The van der Waals surface area contributed by atoms with Crippen LogP contribution in [0.2, 0.25) is 0 Å². The number of fused-ring (bicyclic) bond motifs is 1. The van der Waals surface area contributed by atoms with E-state index in [1.54, 1.807) is 0 Å². The summed E-state index contributed by atoms with van der Waals surface area (Å²) in [6, 6.07) is 13.4. The van der Waals surface area contributed by atoms with Gasteiger partial charge in [0.15, 0.2) is 0 Å². The van der Waals surface area contributed by atoms with E-state index >= 15 is 0 Å². The molecule has 0 aromatic heterocycles. The molecule has 0 saturated carbocycles. The molecule has 1 amide bonds. The van der Waals surface area contributed by atoms with Crippen LogP contribution >= 0.6 is 0 Å². The molecule has 19 heavy (non-hydrogen) atoms. The summed E-state index contributed by atoms with van der Waals surface area (Å²) in [7, 11) is 0. The average molecular weight is 253 g/mol. The van der Waals surface area contributed by atoms with E-state index < -0.39 is 6.10 Å². The van der Waals surface area contributed by atoms with Gasteiger partial charge >= 0.3 is 0 Å². The summed E-state index contributed by atoms with van der Waals surface area (Å²) < 4.78 is 0. The monoisotopic (exact) mass is 253 g/mol. The van der Waals surface area contributed by atoms with Crippen LogP contribution in [0, 0.1) is 6.92 Å². The third-order valence-electron chi connectivity index (χ3n) is 3.55. The number of anilines is 1. The molecule has 0 radical (unpaired) electrons. The summed E-state index contributed by atoms with van der Waals surface area (Å²) in [6.07, 6.45) is -0.258. The fourth-order valence-corrected chi connectivity index (χ4v) is 2.49. The van der Waals surface area contributed by atoms with Crippen LogP contribution < -0.4 is 5.32 Å². The molecule has 1 heterocycles. The van der Waals surface area contributed by atoms with E-state index in [9.17, 15) is 9.90 Å². The highest BCUT2D eigenvalue weighted by Crippen LogP contribution is 2.30. The van der Waals surface area contributed by atoms with Crippen LogP contribution in [-0.2, 0) is 11.2 Å². The molecule has 96 valence electrons. The normalized spacial score (nSPS) is 14.9. The van der Waals surface area contributed by atoms with Crippen LogP contribution in [0.1, 0.15) is 28.4 Å². The molecule has 1 aliphatic heterocycles. The van der Waals surface area contributed by atoms with Gasteiger partial charge in [0.05, 0.1) is 6.42 Å². The Balaban J connectivity index is 1.97. The van der Waals surface area contributed by atoms with Crippen LogP contribution in [0.5, 0.6) is 0 Å². The Morgan fingerprint density at radius 3 is 2.79 bits per heavy atom. The lowest BCUT2D eigenvalue weighted by Crippen LogP contribution is -2.03. The summed E-state index contributed by atoms with van der Waals surface area (Å²) in [6.45, 7) is 1.98. The highest BCUT2D eigenvalue weighted by atomic mass is 16.3. The number of carbonyl (C=O) groups excluding carboxylic acids is 1. The third kappa shape index (κ3) is 2.13. The summed E-state index contributed by atoms with van der Waals surface area (Å²) in [5.74, 6) is 0.0116. The van der Waals surface area contributed by atoms with E-state index in [0.717, 1.165) is 27.9 Å². The number of aryl methyl sites for hydroxylation is 1. The average Bonchev–Trinajstić information content (AvgIpc) is 2.77. The van der Waals surface area contributed by atoms with Gasteiger partial charge in [0.2, 0.25) is 5.91 Å². The van der Waals surface area contributed by atoms with E-state index in [2.05, 4.69) is 5.32 Å². The summed E-state index contributed by atoms with van der Waals surface area (Å²) in [5.41, 5.74) is 4.59. The zero-order valence-electron chi connectivity index (χ0n) is 10.7. The minimum atomic E-state index is -0.651. The number of hydrogen-bond donors (Lipinski definition) is 2. The molecule has 1 atom stereocenters. The molecule has 0 saturated heterocycles. The smallest absolute Gasteiger partial charge is 0.228 e. The predicted molar refractivity (Wildman–Crippen MR) is 74.0 cm³/mol. The summed E-state index contributed by atoms with van der Waals surface area (Å²) >= 11 is 0. The maximum absolute atomic E-state index is 11.3. The van der Waals surface area contributed by atoms with Gasteiger partial charge in [0.1, 0.15) is 6.10 Å². The second-order valence-electron chi connectivity index (χ2n) is 4.90. The van der Waals surface area contributed by atoms with Crippen molar-refractivity contribution in [1.29, 1.82) is 0 Å². The first-order valence-electron chi connectivity index (χ1n) is 6.31. The number of hydrogen-bond acceptors (Lipinski definition) is 2. The predicted octanol–water partition coefficient (Wildman–Crippen LogP) is 2.57. The van der Waals surface area contributed by atoms with Crippen LogP contribution in [-0.4, -0.2) is 11.0 Å². The first-order valence-corrected chi connectivity index (χ1v) is 6.31. The molecule has 0 aliphatic carbocycles. The Labute approximate surface area is 111 Å². The van der Waals surface area contributed by atoms with Crippen LogP contribution in [0.25, 0.3) is 0 Å². The van der Waals surface area contributed by atoms with Gasteiger partial charge in [-0.05, 0) is 35.2 Å². The van der Waals surface area contributed by atoms with Crippen molar-refractivity contribution in [2.75, 3.05) is 5.32 Å². The van der Waals surface area contributed by atoms with Gasteiger partial charge in [-0.2, -0.15) is 0 Å². The minimum absolute atomic E-state index is 0.0116. The lowest BCUT2D eigenvalue weighted by Gasteiger charge is -2.15. The van der Waals surface area contributed by atoms with E-state index in [1.807, 2.05) is 49.4 Å². The van der Waals surface area contributed by atoms with Crippen molar-refractivity contribution in [3.8, 4) is 0 Å². The zero-order chi connectivity index (χ0) is 13.4. The molecule has 0 fully saturated rings. The number of amides is 1. The zero-order valence-corrected chi connectivity index (χ0v) is 10.7. The molecule has 3 heteroatoms. The van der Waals surface area contributed by atoms with Crippen molar-refractivity contribution >= 4 is 11.6 Å². The largest absolute Gasteiger partial charge is 0.384 e. The van der Waals surface area contributed by atoms with Gasteiger partial charge < -0.3 is 10.4 Å². The lowest BCUT2D eigenvalue weighted by molar-refractivity contribution is -0.115. The Kier molecular flexibility index (Phi) is 2.84. The van der Waals surface area contributed by atoms with Crippen molar-refractivity contribution < 1.29 is 9.90 Å². The highest BCUT2D eigenvalue weighted by Gasteiger charge is 2.20. The Morgan fingerprint density at radius 1 is 1.21 bits per heavy atom. The Morgan fingerprint density at radius 2 is 2.00 bits per heavy atom. The fraction of sp³-hybridized carbons (Fsp3) is 0.188. The van der Waals surface area contributed by atoms with Crippen molar-refractivity contribution in [3.05, 3.63) is 64.7 Å². The molecule has 1 unspecified atom stereocenters. The van der Waals surface area contributed by atoms with Gasteiger partial charge in [0.25, 0.3) is 0 Å². The van der Waals surface area contributed by atoms with Crippen LogP contribution in [0.4, 0.5) is 5.69 Å². The van der Waals surface area contributed by atoms with Crippen molar-refractivity contribution in [2.24, 2.45) is 0 Å². The number of nitrogens with one attached hydrogen (secondary N) is 1. The minimum Gasteiger partial charge on any atom is -0.384 e. The maximum atomic E-state index is 11.3. The third-order valence-corrected chi connectivity index (χ3v) is 3.55. The fourth-order valence-electron chi connectivity index (χ4n) is 2.49. The van der Waals surface area contributed by atoms with Gasteiger partial charge in [-0.25, -0.2) is 0 Å². The maximum Gasteiger partial charge on any atom is 0.228 e. The molecule has 2 aromatic carbocycles. The number of aliphatic hydroxyl groups is 1. The molecule has 0 bridgehead atoms. The van der Waals surface area contributed by atoms with Crippen LogP contribution in [0.15, 0.2) is 42.5 Å². The topological polar surface area (TPSA) is 49.3 Å². The second-order valence-corrected chi connectivity index (χ2v) is 4.90. The molecule has 3 nitrogen and oxygen atoms in total. The lowest BCUT2D eigenvalue weighted by atomic mass is 9.96. The molecule has 1 aliphatic rings. The molecule has 2 aromatic rings. The number of carbonyl (C=O) groups is 1. The number of benzene rings is 2. The number of aliphatic hydroxyl groups excluding tert-OH is 1. The molecular weight excluding hydrogens is 238 g/mol. The van der Waals surface area contributed by atoms with Gasteiger partial charge in [-0.3, -0.25) is 4.79 Å². The van der Waals surface area contributed by atoms with Gasteiger partial charge in [-0.15, -0.1) is 0 Å². The standard InChI is InChI=1S/C16H15NO2/c1-10-4-2-3-5-13(10)16(19)11-6-7-14-12(8-11)9-15(18)17-14/h2-8,16,19H,9H2,1H3,(H,17,18). The van der Waals surface area contributed by atoms with Crippen molar-refractivity contribution in [2.45, 2.75) is 19.4 Å². The highest BCUT2D eigenvalue weighted by molar-refractivity contribution is 5.99. The van der Waals surface area contributed by atoms with Gasteiger partial charge in [-0.1, -0.05) is 36.4 Å². The summed E-state index contributed by atoms with van der Waals surface area (Å²) in [4.78, 5) is 11.3. The Bertz CT molecular complexity index is 649. The van der Waals surface area contributed by atoms with E-state index in [4.69, 9.17) is 0 Å². The van der Waals surface area contributed by atoms with E-state index in [-0.39, 0.29) is 5.91 Å².